The molecule has 1 aromatic carbocycles. The zero-order valence-corrected chi connectivity index (χ0v) is 13.7. The molecule has 5 heteroatoms. The molecule has 0 bridgehead atoms. The fourth-order valence-electron chi connectivity index (χ4n) is 2.49. The lowest BCUT2D eigenvalue weighted by Crippen LogP contribution is -2.57. The lowest BCUT2D eigenvalue weighted by atomic mass is 9.84. The molecule has 1 saturated heterocycles. The van der Waals surface area contributed by atoms with Crippen molar-refractivity contribution >= 4 is 17.5 Å². The Balaban J connectivity index is 1.77. The Morgan fingerprint density at radius 1 is 1.35 bits per heavy atom. The van der Waals surface area contributed by atoms with E-state index in [-0.39, 0.29) is 17.7 Å². The Bertz CT molecular complexity index is 581. The van der Waals surface area contributed by atoms with Crippen molar-refractivity contribution in [3.05, 3.63) is 42.5 Å². The molecule has 23 heavy (non-hydrogen) atoms. The first-order valence-corrected chi connectivity index (χ1v) is 7.82. The molecule has 5 nitrogen and oxygen atoms in total. The molecular formula is C18H24N2O3. The van der Waals surface area contributed by atoms with Crippen molar-refractivity contribution in [3.8, 4) is 0 Å². The molecule has 1 fully saturated rings. The predicted molar refractivity (Wildman–Crippen MR) is 90.0 cm³/mol. The Labute approximate surface area is 137 Å². The molecule has 0 radical (unpaired) electrons. The van der Waals surface area contributed by atoms with E-state index in [2.05, 4.69) is 11.9 Å². The van der Waals surface area contributed by atoms with E-state index in [1.165, 1.54) is 6.08 Å². The van der Waals surface area contributed by atoms with E-state index < -0.39 is 5.60 Å². The van der Waals surface area contributed by atoms with Crippen LogP contribution in [0.4, 0.5) is 5.69 Å². The van der Waals surface area contributed by atoms with Crippen LogP contribution in [-0.4, -0.2) is 40.5 Å². The zero-order chi connectivity index (χ0) is 17.0. The van der Waals surface area contributed by atoms with Gasteiger partial charge in [0, 0.05) is 31.1 Å². The van der Waals surface area contributed by atoms with Gasteiger partial charge in [0.15, 0.2) is 0 Å². The summed E-state index contributed by atoms with van der Waals surface area (Å²) in [4.78, 5) is 25.1. The molecule has 0 unspecified atom stereocenters. The lowest BCUT2D eigenvalue weighted by molar-refractivity contribution is -0.144. The van der Waals surface area contributed by atoms with E-state index in [0.717, 1.165) is 5.56 Å². The van der Waals surface area contributed by atoms with Gasteiger partial charge in [-0.2, -0.15) is 0 Å². The van der Waals surface area contributed by atoms with Crippen molar-refractivity contribution in [3.63, 3.8) is 0 Å². The van der Waals surface area contributed by atoms with E-state index in [0.29, 0.717) is 31.6 Å². The van der Waals surface area contributed by atoms with Crippen LogP contribution < -0.4 is 5.32 Å². The van der Waals surface area contributed by atoms with Crippen LogP contribution in [0.2, 0.25) is 0 Å². The van der Waals surface area contributed by atoms with Gasteiger partial charge in [-0.15, -0.1) is 0 Å². The maximum Gasteiger partial charge on any atom is 0.247 e. The molecule has 1 heterocycles. The molecular weight excluding hydrogens is 292 g/mol. The van der Waals surface area contributed by atoms with Gasteiger partial charge in [0.25, 0.3) is 0 Å². The Morgan fingerprint density at radius 3 is 2.48 bits per heavy atom. The number of nitrogens with one attached hydrogen (secondary N) is 1. The van der Waals surface area contributed by atoms with Crippen molar-refractivity contribution in [2.24, 2.45) is 5.92 Å². The van der Waals surface area contributed by atoms with Crippen molar-refractivity contribution in [1.82, 2.24) is 4.90 Å². The highest BCUT2D eigenvalue weighted by Gasteiger charge is 2.39. The summed E-state index contributed by atoms with van der Waals surface area (Å²) in [7, 11) is 0. The molecule has 2 N–H and O–H groups in total. The van der Waals surface area contributed by atoms with E-state index in [4.69, 9.17) is 0 Å². The van der Waals surface area contributed by atoms with Crippen LogP contribution in [0, 0.1) is 5.92 Å². The van der Waals surface area contributed by atoms with Gasteiger partial charge >= 0.3 is 0 Å². The van der Waals surface area contributed by atoms with Crippen molar-refractivity contribution < 1.29 is 14.7 Å². The summed E-state index contributed by atoms with van der Waals surface area (Å²) in [6, 6.07) is 7.44. The molecule has 0 aliphatic carbocycles. The fourth-order valence-corrected chi connectivity index (χ4v) is 2.49. The van der Waals surface area contributed by atoms with Crippen LogP contribution >= 0.6 is 0 Å². The number of nitrogens with zero attached hydrogens (tertiary/aromatic N) is 1. The highest BCUT2D eigenvalue weighted by atomic mass is 16.3. The minimum absolute atomic E-state index is 0.120. The summed E-state index contributed by atoms with van der Waals surface area (Å²) in [5.41, 5.74) is 1.04. The maximum absolute atomic E-state index is 12.1. The second-order valence-electron chi connectivity index (χ2n) is 6.54. The van der Waals surface area contributed by atoms with E-state index in [9.17, 15) is 14.7 Å². The topological polar surface area (TPSA) is 69.6 Å². The average molecular weight is 316 g/mol. The highest BCUT2D eigenvalue weighted by molar-refractivity contribution is 5.98. The largest absolute Gasteiger partial charge is 0.390 e. The number of benzene rings is 1. The van der Waals surface area contributed by atoms with E-state index in [1.54, 1.807) is 18.7 Å². The number of aliphatic hydroxyl groups is 1. The van der Waals surface area contributed by atoms with Crippen LogP contribution in [0.25, 0.3) is 0 Å². The molecule has 0 saturated carbocycles. The summed E-state index contributed by atoms with van der Waals surface area (Å²) in [5, 5.41) is 12.6. The van der Waals surface area contributed by atoms with Crippen molar-refractivity contribution in [2.45, 2.75) is 32.3 Å². The molecule has 2 amide bonds. The predicted octanol–water partition coefficient (Wildman–Crippen LogP) is 1.97. The van der Waals surface area contributed by atoms with Gasteiger partial charge in [-0.25, -0.2) is 0 Å². The third-order valence-corrected chi connectivity index (χ3v) is 4.27. The smallest absolute Gasteiger partial charge is 0.247 e. The van der Waals surface area contributed by atoms with Crippen LogP contribution in [0.1, 0.15) is 25.8 Å². The summed E-state index contributed by atoms with van der Waals surface area (Å²) in [6.45, 7) is 8.24. The first-order valence-electron chi connectivity index (χ1n) is 7.82. The normalized spacial score (nSPS) is 15.0. The first kappa shape index (κ1) is 17.2. The Kier molecular flexibility index (Phi) is 5.21. The molecule has 1 aliphatic heterocycles. The van der Waals surface area contributed by atoms with Gasteiger partial charge in [0.2, 0.25) is 11.8 Å². The molecule has 2 rings (SSSR count). The standard InChI is InChI=1S/C18H24N2O3/c1-4-16(21)19-15-8-5-13(6-9-15)7-10-17(22)20-11-14(12-20)18(2,3)23/h4-6,8-9,14,23H,1,7,10-12H2,2-3H3,(H,19,21). The molecule has 0 spiro atoms. The van der Waals surface area contributed by atoms with Gasteiger partial charge in [0.1, 0.15) is 0 Å². The minimum atomic E-state index is -0.720. The van der Waals surface area contributed by atoms with Crippen LogP contribution in [0.15, 0.2) is 36.9 Å². The Hall–Kier alpha value is -2.14. The van der Waals surface area contributed by atoms with Gasteiger partial charge in [-0.3, -0.25) is 9.59 Å². The monoisotopic (exact) mass is 316 g/mol. The fraction of sp³-hybridized carbons (Fsp3) is 0.444. The molecule has 124 valence electrons. The molecule has 0 aromatic heterocycles. The van der Waals surface area contributed by atoms with E-state index in [1.807, 2.05) is 24.3 Å². The molecule has 1 aliphatic rings. The van der Waals surface area contributed by atoms with Crippen LogP contribution in [0.3, 0.4) is 0 Å². The van der Waals surface area contributed by atoms with Gasteiger partial charge in [-0.05, 0) is 44.0 Å². The summed E-state index contributed by atoms with van der Waals surface area (Å²) >= 11 is 0. The number of amides is 2. The van der Waals surface area contributed by atoms with E-state index >= 15 is 0 Å². The lowest BCUT2D eigenvalue weighted by Gasteiger charge is -2.45. The molecule has 1 aromatic rings. The van der Waals surface area contributed by atoms with Gasteiger partial charge < -0.3 is 15.3 Å². The van der Waals surface area contributed by atoms with Gasteiger partial charge in [0.05, 0.1) is 5.60 Å². The SMILES string of the molecule is C=CC(=O)Nc1ccc(CCC(=O)N2CC(C(C)(C)O)C2)cc1. The zero-order valence-electron chi connectivity index (χ0n) is 13.7. The second kappa shape index (κ2) is 6.96. The number of hydrogen-bond acceptors (Lipinski definition) is 3. The minimum Gasteiger partial charge on any atom is -0.390 e. The third kappa shape index (κ3) is 4.66. The number of likely N-dealkylation sites (tertiary alicyclic amines) is 1. The van der Waals surface area contributed by atoms with Crippen molar-refractivity contribution in [2.75, 3.05) is 18.4 Å². The number of rotatable bonds is 6. The third-order valence-electron chi connectivity index (χ3n) is 4.27. The summed E-state index contributed by atoms with van der Waals surface area (Å²) < 4.78 is 0. The van der Waals surface area contributed by atoms with Crippen LogP contribution in [0.5, 0.6) is 0 Å². The van der Waals surface area contributed by atoms with Crippen molar-refractivity contribution in [1.29, 1.82) is 0 Å². The molecule has 0 atom stereocenters. The summed E-state index contributed by atoms with van der Waals surface area (Å²) in [6.07, 6.45) is 2.34. The van der Waals surface area contributed by atoms with Gasteiger partial charge in [-0.1, -0.05) is 18.7 Å². The average Bonchev–Trinajstić information content (AvgIpc) is 2.43. The number of aryl methyl sites for hydroxylation is 1. The first-order chi connectivity index (χ1) is 10.8. The Morgan fingerprint density at radius 2 is 1.96 bits per heavy atom. The number of hydrogen-bond donors (Lipinski definition) is 2. The number of anilines is 1. The highest BCUT2D eigenvalue weighted by Crippen LogP contribution is 2.27. The quantitative estimate of drug-likeness (QED) is 0.788. The second-order valence-corrected chi connectivity index (χ2v) is 6.54. The summed E-state index contributed by atoms with van der Waals surface area (Å²) in [5.74, 6) is 0.0424. The number of carbonyl (C=O) groups excluding carboxylic acids is 2. The van der Waals surface area contributed by atoms with Crippen LogP contribution in [-0.2, 0) is 16.0 Å². The maximum atomic E-state index is 12.1. The number of carbonyl (C=O) groups is 2.